The normalized spacial score (nSPS) is 16.6. The summed E-state index contributed by atoms with van der Waals surface area (Å²) in [5.74, 6) is 1.62. The van der Waals surface area contributed by atoms with Crippen LogP contribution in [0.2, 0.25) is 5.02 Å². The van der Waals surface area contributed by atoms with Gasteiger partial charge in [0.1, 0.15) is 5.60 Å². The Bertz CT molecular complexity index is 914. The van der Waals surface area contributed by atoms with Crippen molar-refractivity contribution in [3.05, 3.63) is 35.2 Å². The van der Waals surface area contributed by atoms with Gasteiger partial charge in [0.2, 0.25) is 11.7 Å². The zero-order valence-electron chi connectivity index (χ0n) is 18.0. The maximum Gasteiger partial charge on any atom is 0.407 e. The van der Waals surface area contributed by atoms with Gasteiger partial charge >= 0.3 is 6.09 Å². The van der Waals surface area contributed by atoms with Crippen LogP contribution in [-0.2, 0) is 11.3 Å². The molecule has 1 aliphatic heterocycles. The molecule has 2 N–H and O–H groups in total. The molecular weight excluding hydrogens is 535 g/mol. The van der Waals surface area contributed by atoms with Gasteiger partial charge in [-0.3, -0.25) is 4.99 Å². The Balaban J connectivity index is 0.00000341. The van der Waals surface area contributed by atoms with E-state index in [9.17, 15) is 4.79 Å². The maximum absolute atomic E-state index is 12.0. The number of rotatable bonds is 4. The molecule has 170 valence electrons. The van der Waals surface area contributed by atoms with E-state index in [1.807, 2.05) is 32.9 Å². The number of hydrogen-bond acceptors (Lipinski definition) is 6. The average molecular weight is 563 g/mol. The Morgan fingerprint density at radius 2 is 2.19 bits per heavy atom. The highest BCUT2D eigenvalue weighted by molar-refractivity contribution is 14.0. The topological polar surface area (TPSA) is 105 Å². The van der Waals surface area contributed by atoms with Crippen molar-refractivity contribution in [2.24, 2.45) is 4.99 Å². The van der Waals surface area contributed by atoms with Gasteiger partial charge in [-0.15, -0.1) is 24.0 Å². The van der Waals surface area contributed by atoms with Crippen LogP contribution in [0.1, 0.15) is 33.1 Å². The quantitative estimate of drug-likeness (QED) is 0.333. The second-order valence-corrected chi connectivity index (χ2v) is 8.44. The van der Waals surface area contributed by atoms with Gasteiger partial charge in [0, 0.05) is 30.7 Å². The Morgan fingerprint density at radius 3 is 2.87 bits per heavy atom. The molecule has 0 bridgehead atoms. The van der Waals surface area contributed by atoms with Gasteiger partial charge < -0.3 is 24.8 Å². The number of amides is 1. The molecule has 1 saturated heterocycles. The number of aromatic nitrogens is 2. The fourth-order valence-electron chi connectivity index (χ4n) is 3.10. The first kappa shape index (κ1) is 25.2. The van der Waals surface area contributed by atoms with Gasteiger partial charge in [-0.25, -0.2) is 4.79 Å². The second kappa shape index (κ2) is 11.0. The number of likely N-dealkylation sites (tertiary alicyclic amines) is 1. The Morgan fingerprint density at radius 1 is 1.42 bits per heavy atom. The number of halogens is 2. The van der Waals surface area contributed by atoms with E-state index >= 15 is 0 Å². The lowest BCUT2D eigenvalue weighted by atomic mass is 10.2. The fourth-order valence-corrected chi connectivity index (χ4v) is 3.29. The van der Waals surface area contributed by atoms with E-state index in [2.05, 4.69) is 30.7 Å². The summed E-state index contributed by atoms with van der Waals surface area (Å²) < 4.78 is 10.6. The van der Waals surface area contributed by atoms with Crippen LogP contribution < -0.4 is 10.6 Å². The molecular formula is C20H28ClIN6O3. The summed E-state index contributed by atoms with van der Waals surface area (Å²) in [7, 11) is 1.71. The summed E-state index contributed by atoms with van der Waals surface area (Å²) in [6.45, 7) is 7.26. The maximum atomic E-state index is 12.0. The van der Waals surface area contributed by atoms with Crippen molar-refractivity contribution in [1.29, 1.82) is 0 Å². The number of carbonyl (C=O) groups is 1. The molecule has 2 aromatic rings. The minimum absolute atomic E-state index is 0. The molecule has 0 radical (unpaired) electrons. The molecule has 1 fully saturated rings. The molecule has 9 nitrogen and oxygen atoms in total. The van der Waals surface area contributed by atoms with Crippen LogP contribution in [0.25, 0.3) is 11.4 Å². The molecule has 3 rings (SSSR count). The van der Waals surface area contributed by atoms with Crippen molar-refractivity contribution in [3.8, 4) is 11.4 Å². The van der Waals surface area contributed by atoms with Crippen LogP contribution in [0, 0.1) is 0 Å². The molecule has 11 heteroatoms. The second-order valence-electron chi connectivity index (χ2n) is 8.00. The van der Waals surface area contributed by atoms with Crippen molar-refractivity contribution in [1.82, 2.24) is 25.7 Å². The number of benzene rings is 1. The highest BCUT2D eigenvalue weighted by Crippen LogP contribution is 2.20. The number of aliphatic imine (C=N–C) groups is 1. The zero-order chi connectivity index (χ0) is 21.7. The van der Waals surface area contributed by atoms with E-state index < -0.39 is 11.7 Å². The van der Waals surface area contributed by atoms with Crippen molar-refractivity contribution in [3.63, 3.8) is 0 Å². The van der Waals surface area contributed by atoms with Crippen LogP contribution >= 0.6 is 35.6 Å². The van der Waals surface area contributed by atoms with E-state index in [0.29, 0.717) is 35.8 Å². The van der Waals surface area contributed by atoms with E-state index in [-0.39, 0.29) is 30.0 Å². The Hall–Kier alpha value is -2.08. The minimum Gasteiger partial charge on any atom is -0.444 e. The van der Waals surface area contributed by atoms with Crippen molar-refractivity contribution in [2.45, 2.75) is 45.4 Å². The van der Waals surface area contributed by atoms with Crippen molar-refractivity contribution in [2.75, 3.05) is 20.1 Å². The lowest BCUT2D eigenvalue weighted by molar-refractivity contribution is 0.0507. The Labute approximate surface area is 204 Å². The molecule has 0 saturated carbocycles. The SMILES string of the molecule is CN=C(NCc1nc(-c2cccc(Cl)c2)no1)N1CCC(NC(=O)OC(C)(C)C)C1.I. The number of guanidine groups is 1. The molecule has 0 aliphatic carbocycles. The summed E-state index contributed by atoms with van der Waals surface area (Å²) in [6.07, 6.45) is 0.399. The first-order chi connectivity index (χ1) is 14.2. The summed E-state index contributed by atoms with van der Waals surface area (Å²) in [4.78, 5) is 22.8. The molecule has 1 amide bonds. The number of nitrogens with one attached hydrogen (secondary N) is 2. The largest absolute Gasteiger partial charge is 0.444 e. The van der Waals surface area contributed by atoms with E-state index in [4.69, 9.17) is 20.9 Å². The van der Waals surface area contributed by atoms with Crippen molar-refractivity contribution < 1.29 is 14.1 Å². The number of hydrogen-bond donors (Lipinski definition) is 2. The smallest absolute Gasteiger partial charge is 0.407 e. The monoisotopic (exact) mass is 562 g/mol. The van der Waals surface area contributed by atoms with E-state index in [1.165, 1.54) is 0 Å². The molecule has 1 aromatic heterocycles. The summed E-state index contributed by atoms with van der Waals surface area (Å²) in [5.41, 5.74) is 0.269. The molecule has 1 aliphatic rings. The van der Waals surface area contributed by atoms with Gasteiger partial charge in [-0.2, -0.15) is 4.98 Å². The van der Waals surface area contributed by atoms with E-state index in [0.717, 1.165) is 18.5 Å². The number of ether oxygens (including phenoxy) is 1. The molecule has 0 spiro atoms. The number of nitrogens with zero attached hydrogens (tertiary/aromatic N) is 4. The highest BCUT2D eigenvalue weighted by atomic mass is 127. The predicted octanol–water partition coefficient (Wildman–Crippen LogP) is 3.68. The van der Waals surface area contributed by atoms with Gasteiger partial charge in [0.25, 0.3) is 0 Å². The summed E-state index contributed by atoms with van der Waals surface area (Å²) in [5, 5.41) is 10.7. The lowest BCUT2D eigenvalue weighted by Gasteiger charge is -2.23. The zero-order valence-corrected chi connectivity index (χ0v) is 21.1. The first-order valence-electron chi connectivity index (χ1n) is 9.77. The third-order valence-electron chi connectivity index (χ3n) is 4.37. The van der Waals surface area contributed by atoms with Crippen LogP contribution in [0.15, 0.2) is 33.8 Å². The summed E-state index contributed by atoms with van der Waals surface area (Å²) in [6, 6.07) is 7.28. The van der Waals surface area contributed by atoms with Crippen LogP contribution in [0.3, 0.4) is 0 Å². The van der Waals surface area contributed by atoms with Crippen LogP contribution in [0.4, 0.5) is 4.79 Å². The Kier molecular flexibility index (Phi) is 8.92. The van der Waals surface area contributed by atoms with Crippen LogP contribution in [0.5, 0.6) is 0 Å². The molecule has 31 heavy (non-hydrogen) atoms. The predicted molar refractivity (Wildman–Crippen MR) is 130 cm³/mol. The fraction of sp³-hybridized carbons (Fsp3) is 0.500. The number of carbonyl (C=O) groups excluding carboxylic acids is 1. The third kappa shape index (κ3) is 7.53. The average Bonchev–Trinajstić information content (AvgIpc) is 3.31. The lowest BCUT2D eigenvalue weighted by Crippen LogP contribution is -2.44. The molecule has 2 heterocycles. The summed E-state index contributed by atoms with van der Waals surface area (Å²) >= 11 is 6.02. The molecule has 1 unspecified atom stereocenters. The van der Waals surface area contributed by atoms with Gasteiger partial charge in [0.05, 0.1) is 12.6 Å². The standard InChI is InChI=1S/C20H27ClN6O3.HI/c1-20(2,3)29-19(28)24-15-8-9-27(12-15)18(22-4)23-11-16-25-17(26-30-16)13-6-5-7-14(21)10-13;/h5-7,10,15H,8-9,11-12H2,1-4H3,(H,22,23)(H,24,28);1H. The third-order valence-corrected chi connectivity index (χ3v) is 4.60. The number of alkyl carbamates (subject to hydrolysis) is 1. The van der Waals surface area contributed by atoms with Gasteiger partial charge in [0.15, 0.2) is 5.96 Å². The first-order valence-corrected chi connectivity index (χ1v) is 10.1. The molecule has 1 atom stereocenters. The van der Waals surface area contributed by atoms with Crippen LogP contribution in [-0.4, -0.2) is 58.9 Å². The van der Waals surface area contributed by atoms with Crippen molar-refractivity contribution >= 4 is 47.6 Å². The van der Waals surface area contributed by atoms with Gasteiger partial charge in [-0.1, -0.05) is 28.9 Å². The highest BCUT2D eigenvalue weighted by Gasteiger charge is 2.28. The minimum atomic E-state index is -0.520. The van der Waals surface area contributed by atoms with Gasteiger partial charge in [-0.05, 0) is 39.3 Å². The van der Waals surface area contributed by atoms with E-state index in [1.54, 1.807) is 19.2 Å². The molecule has 1 aromatic carbocycles.